The summed E-state index contributed by atoms with van der Waals surface area (Å²) in [6, 6.07) is -0.840. The summed E-state index contributed by atoms with van der Waals surface area (Å²) < 4.78 is 0. The van der Waals surface area contributed by atoms with Gasteiger partial charge in [0.05, 0.1) is 11.8 Å². The van der Waals surface area contributed by atoms with Crippen molar-refractivity contribution in [2.75, 3.05) is 0 Å². The van der Waals surface area contributed by atoms with Crippen molar-refractivity contribution in [1.29, 1.82) is 0 Å². The molecule has 0 radical (unpaired) electrons. The predicted molar refractivity (Wildman–Crippen MR) is 58.1 cm³/mol. The van der Waals surface area contributed by atoms with E-state index in [1.54, 1.807) is 13.8 Å². The minimum absolute atomic E-state index is 0. The van der Waals surface area contributed by atoms with Crippen LogP contribution in [0.1, 0.15) is 33.1 Å². The molecule has 0 aromatic rings. The number of hydrogen-bond acceptors (Lipinski definition) is 3. The Hall–Kier alpha value is -0.810. The van der Waals surface area contributed by atoms with Crippen LogP contribution in [0.4, 0.5) is 0 Å². The topological polar surface area (TPSA) is 101 Å². The van der Waals surface area contributed by atoms with Crippen LogP contribution in [0.3, 0.4) is 0 Å². The first-order valence-corrected chi connectivity index (χ1v) is 4.61. The molecule has 0 aliphatic heterocycles. The molecule has 0 saturated carbocycles. The zero-order valence-electron chi connectivity index (χ0n) is 8.90. The highest BCUT2D eigenvalue weighted by Crippen LogP contribution is 2.31. The maximum absolute atomic E-state index is 11.0. The van der Waals surface area contributed by atoms with E-state index in [9.17, 15) is 9.59 Å². The Morgan fingerprint density at radius 2 is 1.67 bits per heavy atom. The Labute approximate surface area is 95.1 Å². The number of carboxylic acid groups (broad SMARTS) is 2. The van der Waals surface area contributed by atoms with Crippen LogP contribution < -0.4 is 5.73 Å². The fourth-order valence-corrected chi connectivity index (χ4v) is 1.62. The van der Waals surface area contributed by atoms with Crippen LogP contribution in [0.15, 0.2) is 0 Å². The van der Waals surface area contributed by atoms with Gasteiger partial charge in [-0.15, -0.1) is 12.4 Å². The molecule has 0 aliphatic rings. The minimum Gasteiger partial charge on any atom is -0.481 e. The van der Waals surface area contributed by atoms with Gasteiger partial charge in [0.15, 0.2) is 0 Å². The second-order valence-corrected chi connectivity index (χ2v) is 3.37. The second kappa shape index (κ2) is 6.63. The van der Waals surface area contributed by atoms with E-state index in [1.165, 1.54) is 0 Å². The summed E-state index contributed by atoms with van der Waals surface area (Å²) in [7, 11) is 0. The monoisotopic (exact) mass is 239 g/mol. The van der Waals surface area contributed by atoms with Gasteiger partial charge in [-0.2, -0.15) is 0 Å². The molecular weight excluding hydrogens is 222 g/mol. The van der Waals surface area contributed by atoms with E-state index in [4.69, 9.17) is 15.9 Å². The van der Waals surface area contributed by atoms with Gasteiger partial charge in [0.25, 0.3) is 0 Å². The van der Waals surface area contributed by atoms with Crippen LogP contribution in [-0.4, -0.2) is 28.2 Å². The Bertz CT molecular complexity index is 228. The average molecular weight is 240 g/mol. The van der Waals surface area contributed by atoms with Crippen molar-refractivity contribution in [3.05, 3.63) is 0 Å². The lowest BCUT2D eigenvalue weighted by Gasteiger charge is -2.32. The molecule has 5 nitrogen and oxygen atoms in total. The van der Waals surface area contributed by atoms with Gasteiger partial charge in [0.1, 0.15) is 0 Å². The van der Waals surface area contributed by atoms with Gasteiger partial charge >= 0.3 is 11.9 Å². The molecule has 0 rings (SSSR count). The highest BCUT2D eigenvalue weighted by atomic mass is 35.5. The van der Waals surface area contributed by atoms with Crippen molar-refractivity contribution < 1.29 is 19.8 Å². The lowest BCUT2D eigenvalue weighted by Crippen LogP contribution is -2.48. The lowest BCUT2D eigenvalue weighted by atomic mass is 9.74. The molecule has 0 aromatic heterocycles. The molecule has 0 aromatic carbocycles. The molecule has 1 unspecified atom stereocenters. The van der Waals surface area contributed by atoms with Crippen molar-refractivity contribution in [2.45, 2.75) is 39.2 Å². The SMILES string of the molecule is CCC(CC)(C(=O)O)C(N)CC(=O)O.Cl. The van der Waals surface area contributed by atoms with Crippen LogP contribution in [0.2, 0.25) is 0 Å². The van der Waals surface area contributed by atoms with E-state index < -0.39 is 23.4 Å². The number of carbonyl (C=O) groups is 2. The van der Waals surface area contributed by atoms with Crippen molar-refractivity contribution in [1.82, 2.24) is 0 Å². The molecule has 1 atom stereocenters. The largest absolute Gasteiger partial charge is 0.481 e. The fourth-order valence-electron chi connectivity index (χ4n) is 1.62. The molecule has 90 valence electrons. The summed E-state index contributed by atoms with van der Waals surface area (Å²) in [5.41, 5.74) is 4.50. The third-order valence-electron chi connectivity index (χ3n) is 2.79. The van der Waals surface area contributed by atoms with E-state index in [0.29, 0.717) is 12.8 Å². The number of nitrogens with two attached hydrogens (primary N) is 1. The predicted octanol–water partition coefficient (Wildman–Crippen LogP) is 1.10. The van der Waals surface area contributed by atoms with Crippen molar-refractivity contribution in [3.63, 3.8) is 0 Å². The minimum atomic E-state index is -1.11. The smallest absolute Gasteiger partial charge is 0.311 e. The summed E-state index contributed by atoms with van der Waals surface area (Å²) in [6.07, 6.45) is 0.370. The Balaban J connectivity index is 0. The molecule has 6 heteroatoms. The van der Waals surface area contributed by atoms with E-state index in [1.807, 2.05) is 0 Å². The van der Waals surface area contributed by atoms with Gasteiger partial charge in [-0.05, 0) is 12.8 Å². The number of hydrogen-bond donors (Lipinski definition) is 3. The molecular formula is C9H18ClNO4. The van der Waals surface area contributed by atoms with Crippen LogP contribution in [0.25, 0.3) is 0 Å². The maximum Gasteiger partial charge on any atom is 0.311 e. The third kappa shape index (κ3) is 3.68. The van der Waals surface area contributed by atoms with Gasteiger partial charge in [-0.3, -0.25) is 9.59 Å². The second-order valence-electron chi connectivity index (χ2n) is 3.37. The maximum atomic E-state index is 11.0. The molecule has 0 amide bonds. The highest BCUT2D eigenvalue weighted by Gasteiger charge is 2.41. The Kier molecular flexibility index (Phi) is 7.35. The zero-order valence-corrected chi connectivity index (χ0v) is 9.71. The van der Waals surface area contributed by atoms with Gasteiger partial charge in [-0.25, -0.2) is 0 Å². The lowest BCUT2D eigenvalue weighted by molar-refractivity contribution is -0.152. The first-order chi connectivity index (χ1) is 6.40. The highest BCUT2D eigenvalue weighted by molar-refractivity contribution is 5.85. The van der Waals surface area contributed by atoms with Crippen LogP contribution in [0.5, 0.6) is 0 Å². The third-order valence-corrected chi connectivity index (χ3v) is 2.79. The summed E-state index contributed by atoms with van der Waals surface area (Å²) in [5, 5.41) is 17.6. The van der Waals surface area contributed by atoms with Crippen molar-refractivity contribution in [2.24, 2.45) is 11.1 Å². The zero-order chi connectivity index (χ0) is 11.4. The molecule has 0 heterocycles. The quantitative estimate of drug-likeness (QED) is 0.644. The summed E-state index contributed by atoms with van der Waals surface area (Å²) in [4.78, 5) is 21.5. The van der Waals surface area contributed by atoms with E-state index in [-0.39, 0.29) is 18.8 Å². The van der Waals surface area contributed by atoms with Crippen LogP contribution >= 0.6 is 12.4 Å². The summed E-state index contributed by atoms with van der Waals surface area (Å²) in [6.45, 7) is 3.42. The Morgan fingerprint density at radius 3 is 1.87 bits per heavy atom. The molecule has 4 N–H and O–H groups in total. The van der Waals surface area contributed by atoms with Crippen molar-refractivity contribution in [3.8, 4) is 0 Å². The van der Waals surface area contributed by atoms with E-state index >= 15 is 0 Å². The van der Waals surface area contributed by atoms with Crippen molar-refractivity contribution >= 4 is 24.3 Å². The number of halogens is 1. The van der Waals surface area contributed by atoms with Gasteiger partial charge in [0.2, 0.25) is 0 Å². The standard InChI is InChI=1S/C9H17NO4.ClH/c1-3-9(4-2,8(13)14)6(10)5-7(11)12;/h6H,3-5,10H2,1-2H3,(H,11,12)(H,13,14);1H. The molecule has 0 fully saturated rings. The molecule has 0 saturated heterocycles. The van der Waals surface area contributed by atoms with E-state index in [2.05, 4.69) is 0 Å². The normalized spacial score (nSPS) is 12.7. The van der Waals surface area contributed by atoms with Crippen LogP contribution in [0, 0.1) is 5.41 Å². The van der Waals surface area contributed by atoms with Crippen LogP contribution in [-0.2, 0) is 9.59 Å². The summed E-state index contributed by atoms with van der Waals surface area (Å²) >= 11 is 0. The first kappa shape index (κ1) is 16.6. The molecule has 15 heavy (non-hydrogen) atoms. The Morgan fingerprint density at radius 1 is 1.27 bits per heavy atom. The molecule has 0 bridgehead atoms. The van der Waals surface area contributed by atoms with Gasteiger partial charge in [0, 0.05) is 6.04 Å². The van der Waals surface area contributed by atoms with Gasteiger partial charge < -0.3 is 15.9 Å². The number of aliphatic carboxylic acids is 2. The number of rotatable bonds is 6. The van der Waals surface area contributed by atoms with E-state index in [0.717, 1.165) is 0 Å². The number of carboxylic acids is 2. The van der Waals surface area contributed by atoms with Gasteiger partial charge in [-0.1, -0.05) is 13.8 Å². The fraction of sp³-hybridized carbons (Fsp3) is 0.778. The molecule has 0 spiro atoms. The first-order valence-electron chi connectivity index (χ1n) is 4.61. The average Bonchev–Trinajstić information content (AvgIpc) is 2.05. The molecule has 0 aliphatic carbocycles. The summed E-state index contributed by atoms with van der Waals surface area (Å²) in [5.74, 6) is -2.08.